The van der Waals surface area contributed by atoms with Crippen LogP contribution in [-0.2, 0) is 4.79 Å². The quantitative estimate of drug-likeness (QED) is 0.203. The largest absolute Gasteiger partial charge is 0.295 e. The molecule has 1 nitrogen and oxygen atoms in total. The highest BCUT2D eigenvalue weighted by atomic mass is 35.5. The molecule has 0 aromatic rings. The van der Waals surface area contributed by atoms with Gasteiger partial charge in [0, 0.05) is 12.8 Å². The molecule has 3 heteroatoms. The number of halogens is 2. The SMILES string of the molecule is C=C.C=CC.CC.CC.CC.CC1CCC2C3CC(Cl)C4=CC(=O)CCC(C)(C4)C3CCC12C.CCC.CCl. The van der Waals surface area contributed by atoms with Crippen LogP contribution < -0.4 is 0 Å². The van der Waals surface area contributed by atoms with E-state index in [1.807, 2.05) is 54.5 Å². The minimum Gasteiger partial charge on any atom is -0.295 e. The number of alkyl halides is 2. The normalized spacial score (nSPS) is 32.7. The van der Waals surface area contributed by atoms with E-state index >= 15 is 0 Å². The predicted molar refractivity (Wildman–Crippen MR) is 184 cm³/mol. The van der Waals surface area contributed by atoms with E-state index in [0.29, 0.717) is 16.6 Å². The second-order valence-corrected chi connectivity index (χ2v) is 11.3. The zero-order valence-corrected chi connectivity index (χ0v) is 30.2. The molecule has 7 atom stereocenters. The molecule has 39 heavy (non-hydrogen) atoms. The molecular formula is C36H70Cl2O. The van der Waals surface area contributed by atoms with Crippen molar-refractivity contribution in [1.29, 1.82) is 0 Å². The number of fused-ring (bicyclic) bond motifs is 6. The van der Waals surface area contributed by atoms with Crippen molar-refractivity contribution in [2.24, 2.45) is 34.5 Å². The van der Waals surface area contributed by atoms with Crippen LogP contribution in [0, 0.1) is 34.5 Å². The maximum absolute atomic E-state index is 12.1. The van der Waals surface area contributed by atoms with Crippen LogP contribution in [-0.4, -0.2) is 17.5 Å². The van der Waals surface area contributed by atoms with Crippen LogP contribution in [0.3, 0.4) is 0 Å². The Hall–Kier alpha value is -0.530. The predicted octanol–water partition coefficient (Wildman–Crippen LogP) is 13.1. The topological polar surface area (TPSA) is 17.1 Å². The molecule has 3 saturated carbocycles. The molecule has 0 aromatic heterocycles. The average molecular weight is 590 g/mol. The fourth-order valence-corrected chi connectivity index (χ4v) is 7.29. The van der Waals surface area contributed by atoms with Gasteiger partial charge in [-0.3, -0.25) is 4.79 Å². The Kier molecular flexibility index (Phi) is 30.7. The van der Waals surface area contributed by atoms with Crippen molar-refractivity contribution in [3.63, 3.8) is 0 Å². The van der Waals surface area contributed by atoms with Crippen LogP contribution in [0.2, 0.25) is 0 Å². The number of rotatable bonds is 0. The molecule has 0 amide bonds. The Bertz CT molecular complexity index is 628. The summed E-state index contributed by atoms with van der Waals surface area (Å²) in [5.41, 5.74) is 2.07. The highest BCUT2D eigenvalue weighted by Crippen LogP contribution is 2.65. The molecule has 0 heterocycles. The first-order valence-electron chi connectivity index (χ1n) is 16.0. The molecule has 234 valence electrons. The number of carbonyl (C=O) groups excluding carboxylic acids is 1. The van der Waals surface area contributed by atoms with Crippen molar-refractivity contribution in [2.45, 2.75) is 146 Å². The summed E-state index contributed by atoms with van der Waals surface area (Å²) in [6.07, 6.45) is 15.9. The van der Waals surface area contributed by atoms with E-state index in [9.17, 15) is 4.79 Å². The number of ketones is 1. The standard InChI is InChI=1S/C21H31ClO.C3H8.C3H6.3C2H6.C2H4.CH3Cl/c1-13-4-5-18-16-11-19(22)14-10-15(23)6-8-20(2,12-14)17(16)7-9-21(13,18)3;2*1-3-2;5*1-2/h10,13,16-19H,4-9,11-12H2,1-3H3;3H2,1-2H3;3H,1H2,2H3;3*1-2H3;1-2H2;1H3. The molecule has 0 saturated heterocycles. The van der Waals surface area contributed by atoms with E-state index in [1.54, 1.807) is 6.08 Å². The smallest absolute Gasteiger partial charge is 0.155 e. The third-order valence-electron chi connectivity index (χ3n) is 8.58. The molecule has 4 rings (SSSR count). The van der Waals surface area contributed by atoms with Gasteiger partial charge in [-0.2, -0.15) is 0 Å². The summed E-state index contributed by atoms with van der Waals surface area (Å²) in [5, 5.41) is 0.0876. The molecule has 0 radical (unpaired) electrons. The van der Waals surface area contributed by atoms with E-state index in [-0.39, 0.29) is 5.38 Å². The molecule has 4 aliphatic rings. The zero-order chi connectivity index (χ0) is 31.8. The minimum absolute atomic E-state index is 0.0876. The molecule has 0 aliphatic heterocycles. The van der Waals surface area contributed by atoms with Crippen LogP contribution >= 0.6 is 23.2 Å². The Labute approximate surface area is 257 Å². The number of allylic oxidation sites excluding steroid dienone is 3. The van der Waals surface area contributed by atoms with E-state index in [1.165, 1.54) is 44.1 Å². The third kappa shape index (κ3) is 13.3. The highest BCUT2D eigenvalue weighted by molar-refractivity contribution is 6.22. The van der Waals surface area contributed by atoms with Crippen molar-refractivity contribution in [3.05, 3.63) is 37.5 Å². The second-order valence-electron chi connectivity index (χ2n) is 10.7. The number of hydrogen-bond acceptors (Lipinski definition) is 1. The van der Waals surface area contributed by atoms with E-state index < -0.39 is 0 Å². The first-order valence-corrected chi connectivity index (χ1v) is 17.2. The molecular weight excluding hydrogens is 519 g/mol. The molecule has 0 N–H and O–H groups in total. The summed E-state index contributed by atoms with van der Waals surface area (Å²) < 4.78 is 0. The van der Waals surface area contributed by atoms with Crippen molar-refractivity contribution in [3.8, 4) is 0 Å². The Balaban J connectivity index is -0.000000327. The van der Waals surface area contributed by atoms with Crippen molar-refractivity contribution in [2.75, 3.05) is 6.38 Å². The monoisotopic (exact) mass is 588 g/mol. The fourth-order valence-electron chi connectivity index (χ4n) is 6.95. The Morgan fingerprint density at radius 3 is 1.87 bits per heavy atom. The van der Waals surface area contributed by atoms with Crippen molar-refractivity contribution < 1.29 is 4.79 Å². The first kappa shape index (κ1) is 45.5. The van der Waals surface area contributed by atoms with Gasteiger partial charge in [0.1, 0.15) is 0 Å². The summed E-state index contributed by atoms with van der Waals surface area (Å²) in [6, 6.07) is 0. The lowest BCUT2D eigenvalue weighted by molar-refractivity contribution is -0.115. The van der Waals surface area contributed by atoms with Gasteiger partial charge in [-0.25, -0.2) is 0 Å². The third-order valence-corrected chi connectivity index (χ3v) is 9.04. The number of carbonyl (C=O) groups is 1. The highest BCUT2D eigenvalue weighted by Gasteiger charge is 2.57. The lowest BCUT2D eigenvalue weighted by atomic mass is 9.52. The summed E-state index contributed by atoms with van der Waals surface area (Å²) in [7, 11) is 0. The van der Waals surface area contributed by atoms with E-state index in [0.717, 1.165) is 49.4 Å². The summed E-state index contributed by atoms with van der Waals surface area (Å²) >= 11 is 11.5. The second kappa shape index (κ2) is 26.4. The van der Waals surface area contributed by atoms with E-state index in [4.69, 9.17) is 11.6 Å². The van der Waals surface area contributed by atoms with Gasteiger partial charge in [-0.15, -0.1) is 42.9 Å². The van der Waals surface area contributed by atoms with Crippen molar-refractivity contribution >= 4 is 29.0 Å². The van der Waals surface area contributed by atoms with Crippen LogP contribution in [0.15, 0.2) is 37.5 Å². The summed E-state index contributed by atoms with van der Waals surface area (Å²) in [4.78, 5) is 12.1. The maximum atomic E-state index is 12.1. The minimum atomic E-state index is 0.0876. The Morgan fingerprint density at radius 1 is 0.949 bits per heavy atom. The van der Waals surface area contributed by atoms with Crippen LogP contribution in [0.1, 0.15) is 141 Å². The van der Waals surface area contributed by atoms with Gasteiger partial charge in [-0.1, -0.05) is 88.7 Å². The molecule has 3 fully saturated rings. The molecule has 4 aliphatic carbocycles. The van der Waals surface area contributed by atoms with Gasteiger partial charge in [0.25, 0.3) is 0 Å². The molecule has 0 aromatic carbocycles. The van der Waals surface area contributed by atoms with Gasteiger partial charge in [-0.05, 0) is 98.0 Å². The van der Waals surface area contributed by atoms with Gasteiger partial charge in [0.15, 0.2) is 5.78 Å². The molecule has 7 unspecified atom stereocenters. The lowest BCUT2D eigenvalue weighted by Crippen LogP contribution is -2.45. The van der Waals surface area contributed by atoms with E-state index in [2.05, 4.69) is 66.0 Å². The van der Waals surface area contributed by atoms with Gasteiger partial charge >= 0.3 is 0 Å². The summed E-state index contributed by atoms with van der Waals surface area (Å²) in [5.74, 6) is 3.56. The van der Waals surface area contributed by atoms with Gasteiger partial charge in [0.05, 0.1) is 5.38 Å². The van der Waals surface area contributed by atoms with Crippen LogP contribution in [0.5, 0.6) is 0 Å². The maximum Gasteiger partial charge on any atom is 0.155 e. The molecule has 0 spiro atoms. The lowest BCUT2D eigenvalue weighted by Gasteiger charge is -2.53. The first-order chi connectivity index (χ1) is 18.7. The van der Waals surface area contributed by atoms with Crippen molar-refractivity contribution in [1.82, 2.24) is 0 Å². The number of hydrogen-bond donors (Lipinski definition) is 0. The zero-order valence-electron chi connectivity index (χ0n) is 28.7. The fraction of sp³-hybridized carbons (Fsp3) is 0.806. The van der Waals surface area contributed by atoms with Gasteiger partial charge < -0.3 is 0 Å². The average Bonchev–Trinajstić information content (AvgIpc) is 3.11. The summed E-state index contributed by atoms with van der Waals surface area (Å²) in [6.45, 7) is 35.0. The van der Waals surface area contributed by atoms with Gasteiger partial charge in [0.2, 0.25) is 0 Å². The van der Waals surface area contributed by atoms with Crippen LogP contribution in [0.4, 0.5) is 0 Å². The Morgan fingerprint density at radius 2 is 1.41 bits per heavy atom. The van der Waals surface area contributed by atoms with Crippen LogP contribution in [0.25, 0.3) is 0 Å². The molecule has 2 bridgehead atoms.